The van der Waals surface area contributed by atoms with Crippen LogP contribution in [0.1, 0.15) is 12.5 Å². The summed E-state index contributed by atoms with van der Waals surface area (Å²) in [5.74, 6) is 1.09. The van der Waals surface area contributed by atoms with E-state index in [9.17, 15) is 10.2 Å². The molecule has 118 valence electrons. The molecule has 1 aromatic carbocycles. The lowest BCUT2D eigenvalue weighted by Crippen LogP contribution is -2.31. The lowest BCUT2D eigenvalue weighted by molar-refractivity contribution is 0.136. The van der Waals surface area contributed by atoms with E-state index < -0.39 is 5.54 Å². The van der Waals surface area contributed by atoms with Crippen LogP contribution in [0.5, 0.6) is 0 Å². The summed E-state index contributed by atoms with van der Waals surface area (Å²) in [5, 5.41) is 18.4. The summed E-state index contributed by atoms with van der Waals surface area (Å²) in [4.78, 5) is 6.35. The number of anilines is 1. The fourth-order valence-electron chi connectivity index (χ4n) is 1.71. The van der Waals surface area contributed by atoms with Crippen LogP contribution in [0.2, 0.25) is 0 Å². The van der Waals surface area contributed by atoms with Gasteiger partial charge in [0.05, 0.1) is 13.2 Å². The highest BCUT2D eigenvalue weighted by Crippen LogP contribution is 2.15. The molecule has 0 heterocycles. The summed E-state index contributed by atoms with van der Waals surface area (Å²) < 4.78 is 0. The SMILES string of the molecule is CC(CO)(CO)N=Cc1ccc(N(CCCl)CCCl)cc1. The van der Waals surface area contributed by atoms with E-state index in [1.54, 1.807) is 13.1 Å². The van der Waals surface area contributed by atoms with E-state index in [1.807, 2.05) is 24.3 Å². The highest BCUT2D eigenvalue weighted by molar-refractivity contribution is 6.18. The van der Waals surface area contributed by atoms with Crippen LogP contribution in [0.15, 0.2) is 29.3 Å². The van der Waals surface area contributed by atoms with Crippen molar-refractivity contribution in [2.75, 3.05) is 43.0 Å². The molecule has 0 aromatic heterocycles. The molecule has 0 fully saturated rings. The Labute approximate surface area is 136 Å². The number of hydrogen-bond acceptors (Lipinski definition) is 4. The Hall–Kier alpha value is -0.810. The molecule has 21 heavy (non-hydrogen) atoms. The van der Waals surface area contributed by atoms with Gasteiger partial charge in [-0.05, 0) is 24.6 Å². The number of aliphatic imine (C=N–C) groups is 1. The summed E-state index contributed by atoms with van der Waals surface area (Å²) in [7, 11) is 0. The van der Waals surface area contributed by atoms with Gasteiger partial charge >= 0.3 is 0 Å². The predicted octanol–water partition coefficient (Wildman–Crippen LogP) is 2.13. The van der Waals surface area contributed by atoms with Gasteiger partial charge in [0, 0.05) is 36.8 Å². The first-order valence-corrected chi connectivity index (χ1v) is 7.89. The van der Waals surface area contributed by atoms with E-state index in [4.69, 9.17) is 23.2 Å². The second-order valence-corrected chi connectivity index (χ2v) is 5.78. The normalized spacial score (nSPS) is 12.0. The molecular formula is C15H22Cl2N2O2. The maximum atomic E-state index is 9.19. The molecule has 0 aliphatic heterocycles. The molecule has 2 N–H and O–H groups in total. The number of aliphatic hydroxyl groups is 2. The van der Waals surface area contributed by atoms with Gasteiger partial charge in [-0.2, -0.15) is 0 Å². The molecule has 0 atom stereocenters. The Morgan fingerprint density at radius 1 is 1.10 bits per heavy atom. The molecule has 0 unspecified atom stereocenters. The van der Waals surface area contributed by atoms with Crippen molar-refractivity contribution in [3.05, 3.63) is 29.8 Å². The predicted molar refractivity (Wildman–Crippen MR) is 90.3 cm³/mol. The number of halogens is 2. The minimum atomic E-state index is -0.845. The Morgan fingerprint density at radius 2 is 1.62 bits per heavy atom. The maximum Gasteiger partial charge on any atom is 0.104 e. The van der Waals surface area contributed by atoms with Crippen LogP contribution in [0, 0.1) is 0 Å². The molecule has 0 bridgehead atoms. The van der Waals surface area contributed by atoms with E-state index in [0.717, 1.165) is 24.3 Å². The van der Waals surface area contributed by atoms with Crippen LogP contribution in [0.3, 0.4) is 0 Å². The third-order valence-corrected chi connectivity index (χ3v) is 3.51. The van der Waals surface area contributed by atoms with Crippen LogP contribution in [-0.4, -0.2) is 60.0 Å². The van der Waals surface area contributed by atoms with Gasteiger partial charge in [-0.3, -0.25) is 4.99 Å². The van der Waals surface area contributed by atoms with Crippen molar-refractivity contribution in [3.63, 3.8) is 0 Å². The summed E-state index contributed by atoms with van der Waals surface area (Å²) >= 11 is 11.6. The Kier molecular flexibility index (Phi) is 8.04. The van der Waals surface area contributed by atoms with E-state index >= 15 is 0 Å². The first kappa shape index (κ1) is 18.2. The highest BCUT2D eigenvalue weighted by Gasteiger charge is 2.19. The molecule has 4 nitrogen and oxygen atoms in total. The molecule has 0 saturated carbocycles. The Balaban J connectivity index is 2.79. The molecule has 1 rings (SSSR count). The highest BCUT2D eigenvalue weighted by atomic mass is 35.5. The number of rotatable bonds is 9. The fraction of sp³-hybridized carbons (Fsp3) is 0.533. The standard InChI is InChI=1S/C15H22Cl2N2O2/c1-15(11-20,12-21)18-10-13-2-4-14(5-3-13)19(8-6-16)9-7-17/h2-5,10,20-21H,6-9,11-12H2,1H3. The van der Waals surface area contributed by atoms with Gasteiger partial charge in [0.15, 0.2) is 0 Å². The first-order valence-electron chi connectivity index (χ1n) is 6.82. The first-order chi connectivity index (χ1) is 10.1. The topological polar surface area (TPSA) is 56.1 Å². The van der Waals surface area contributed by atoms with Crippen LogP contribution >= 0.6 is 23.2 Å². The summed E-state index contributed by atoms with van der Waals surface area (Å²) in [5.41, 5.74) is 1.12. The minimum Gasteiger partial charge on any atom is -0.394 e. The average Bonchev–Trinajstić information content (AvgIpc) is 2.53. The van der Waals surface area contributed by atoms with Crippen LogP contribution in [0.4, 0.5) is 5.69 Å². The van der Waals surface area contributed by atoms with Crippen molar-refractivity contribution in [1.29, 1.82) is 0 Å². The monoisotopic (exact) mass is 332 g/mol. The van der Waals surface area contributed by atoms with E-state index in [2.05, 4.69) is 9.89 Å². The zero-order chi connectivity index (χ0) is 15.7. The summed E-state index contributed by atoms with van der Waals surface area (Å²) in [6, 6.07) is 7.83. The number of benzene rings is 1. The number of nitrogens with zero attached hydrogens (tertiary/aromatic N) is 2. The van der Waals surface area contributed by atoms with Crippen LogP contribution in [-0.2, 0) is 0 Å². The molecule has 0 aliphatic carbocycles. The molecular weight excluding hydrogens is 311 g/mol. The number of aliphatic hydroxyl groups excluding tert-OH is 2. The summed E-state index contributed by atoms with van der Waals surface area (Å²) in [6.45, 7) is 2.79. The average molecular weight is 333 g/mol. The Bertz CT molecular complexity index is 428. The third-order valence-electron chi connectivity index (χ3n) is 3.17. The second kappa shape index (κ2) is 9.26. The van der Waals surface area contributed by atoms with Gasteiger partial charge in [-0.15, -0.1) is 23.2 Å². The second-order valence-electron chi connectivity index (χ2n) is 5.03. The molecule has 0 aliphatic rings. The van der Waals surface area contributed by atoms with Crippen molar-refractivity contribution in [1.82, 2.24) is 0 Å². The molecule has 0 radical (unpaired) electrons. The fourth-order valence-corrected chi connectivity index (χ4v) is 2.12. The third kappa shape index (κ3) is 5.83. The zero-order valence-electron chi connectivity index (χ0n) is 12.2. The molecule has 0 amide bonds. The van der Waals surface area contributed by atoms with Gasteiger partial charge in [-0.25, -0.2) is 0 Å². The van der Waals surface area contributed by atoms with Gasteiger partial charge < -0.3 is 15.1 Å². The van der Waals surface area contributed by atoms with E-state index in [1.165, 1.54) is 0 Å². The van der Waals surface area contributed by atoms with Gasteiger partial charge in [0.2, 0.25) is 0 Å². The molecule has 0 spiro atoms. The number of alkyl halides is 2. The van der Waals surface area contributed by atoms with Crippen LogP contribution < -0.4 is 4.90 Å². The quantitative estimate of drug-likeness (QED) is 0.538. The smallest absolute Gasteiger partial charge is 0.104 e. The van der Waals surface area contributed by atoms with Crippen LogP contribution in [0.25, 0.3) is 0 Å². The van der Waals surface area contributed by atoms with Gasteiger partial charge in [0.1, 0.15) is 5.54 Å². The van der Waals surface area contributed by atoms with Gasteiger partial charge in [-0.1, -0.05) is 12.1 Å². The lowest BCUT2D eigenvalue weighted by Gasteiger charge is -2.23. The van der Waals surface area contributed by atoms with Crippen molar-refractivity contribution in [2.45, 2.75) is 12.5 Å². The van der Waals surface area contributed by atoms with Crippen molar-refractivity contribution in [2.24, 2.45) is 4.99 Å². The number of hydrogen-bond donors (Lipinski definition) is 2. The largest absolute Gasteiger partial charge is 0.394 e. The minimum absolute atomic E-state index is 0.197. The summed E-state index contributed by atoms with van der Waals surface area (Å²) in [6.07, 6.45) is 1.66. The zero-order valence-corrected chi connectivity index (χ0v) is 13.7. The van der Waals surface area contributed by atoms with E-state index in [0.29, 0.717) is 11.8 Å². The Morgan fingerprint density at radius 3 is 2.05 bits per heavy atom. The maximum absolute atomic E-state index is 9.19. The van der Waals surface area contributed by atoms with Crippen molar-refractivity contribution in [3.8, 4) is 0 Å². The van der Waals surface area contributed by atoms with Gasteiger partial charge in [0.25, 0.3) is 0 Å². The molecule has 1 aromatic rings. The van der Waals surface area contributed by atoms with Crippen molar-refractivity contribution >= 4 is 35.1 Å². The van der Waals surface area contributed by atoms with E-state index in [-0.39, 0.29) is 13.2 Å². The lowest BCUT2D eigenvalue weighted by atomic mass is 10.1. The van der Waals surface area contributed by atoms with Crippen molar-refractivity contribution < 1.29 is 10.2 Å². The molecule has 0 saturated heterocycles. The molecule has 6 heteroatoms.